The van der Waals surface area contributed by atoms with E-state index in [0.717, 1.165) is 58.2 Å². The summed E-state index contributed by atoms with van der Waals surface area (Å²) in [5.41, 5.74) is 0.117. The van der Waals surface area contributed by atoms with Crippen molar-refractivity contribution in [1.29, 1.82) is 0 Å². The second-order valence-corrected chi connectivity index (χ2v) is 8.13. The van der Waals surface area contributed by atoms with Gasteiger partial charge in [0.25, 0.3) is 0 Å². The van der Waals surface area contributed by atoms with Crippen molar-refractivity contribution in [3.63, 3.8) is 0 Å². The number of amides is 1. The van der Waals surface area contributed by atoms with Gasteiger partial charge < -0.3 is 14.5 Å². The van der Waals surface area contributed by atoms with E-state index in [4.69, 9.17) is 4.74 Å². The Kier molecular flexibility index (Phi) is 4.82. The van der Waals surface area contributed by atoms with Crippen molar-refractivity contribution in [3.8, 4) is 0 Å². The summed E-state index contributed by atoms with van der Waals surface area (Å²) < 4.78 is 19.1. The molecule has 1 amide bonds. The average molecular weight is 362 g/mol. The van der Waals surface area contributed by atoms with E-state index in [1.165, 1.54) is 25.2 Å². The maximum absolute atomic E-state index is 13.0. The van der Waals surface area contributed by atoms with Crippen LogP contribution in [0.1, 0.15) is 32.6 Å². The molecule has 0 radical (unpaired) electrons. The van der Waals surface area contributed by atoms with Crippen LogP contribution in [0.5, 0.6) is 0 Å². The Balaban J connectivity index is 1.40. The molecule has 3 heterocycles. The zero-order chi connectivity index (χ0) is 18.1. The van der Waals surface area contributed by atoms with E-state index in [-0.39, 0.29) is 11.3 Å². The number of likely N-dealkylation sites (tertiary alicyclic amines) is 1. The molecule has 6 nitrogen and oxygen atoms in total. The van der Waals surface area contributed by atoms with E-state index in [1.54, 1.807) is 6.92 Å². The summed E-state index contributed by atoms with van der Waals surface area (Å²) in [5, 5.41) is 0. The smallest absolute Gasteiger partial charge is 0.225 e. The monoisotopic (exact) mass is 362 g/mol. The third-order valence-electron chi connectivity index (χ3n) is 6.28. The van der Waals surface area contributed by atoms with Crippen LogP contribution in [0.15, 0.2) is 12.4 Å². The standard InChI is InChI=1S/C19H27FN4O2/c1-14(25)24-10-16(12-26-11-15-2-3-15)19(13-24)4-6-23(7-5-19)18-21-8-17(20)9-22-18/h8-9,15-16H,2-7,10-13H2,1H3. The number of nitrogens with zero attached hydrogens (tertiary/aromatic N) is 4. The Labute approximate surface area is 153 Å². The number of hydrogen-bond acceptors (Lipinski definition) is 5. The summed E-state index contributed by atoms with van der Waals surface area (Å²) in [5.74, 6) is 1.47. The number of rotatable bonds is 5. The first kappa shape index (κ1) is 17.6. The number of aromatic nitrogens is 2. The summed E-state index contributed by atoms with van der Waals surface area (Å²) in [7, 11) is 0. The van der Waals surface area contributed by atoms with Crippen molar-refractivity contribution in [2.45, 2.75) is 32.6 Å². The van der Waals surface area contributed by atoms with Crippen LogP contribution >= 0.6 is 0 Å². The van der Waals surface area contributed by atoms with Crippen LogP contribution in [-0.2, 0) is 9.53 Å². The molecule has 3 aliphatic rings. The molecule has 2 aliphatic heterocycles. The lowest BCUT2D eigenvalue weighted by atomic mass is 9.71. The van der Waals surface area contributed by atoms with Gasteiger partial charge >= 0.3 is 0 Å². The number of hydrogen-bond donors (Lipinski definition) is 0. The van der Waals surface area contributed by atoms with Gasteiger partial charge in [0.1, 0.15) is 0 Å². The van der Waals surface area contributed by atoms with Gasteiger partial charge in [-0.15, -0.1) is 0 Å². The molecule has 1 aliphatic carbocycles. The van der Waals surface area contributed by atoms with Crippen LogP contribution in [0.25, 0.3) is 0 Å². The lowest BCUT2D eigenvalue weighted by Gasteiger charge is -2.42. The van der Waals surface area contributed by atoms with Crippen molar-refractivity contribution < 1.29 is 13.9 Å². The number of anilines is 1. The fourth-order valence-electron chi connectivity index (χ4n) is 4.35. The summed E-state index contributed by atoms with van der Waals surface area (Å²) in [6.45, 7) is 6.54. The quantitative estimate of drug-likeness (QED) is 0.803. The number of carbonyl (C=O) groups excluding carboxylic acids is 1. The SMILES string of the molecule is CC(=O)N1CC(COCC2CC2)C2(CCN(c3ncc(F)cn3)CC2)C1. The molecule has 1 atom stereocenters. The fourth-order valence-corrected chi connectivity index (χ4v) is 4.35. The Bertz CT molecular complexity index is 641. The predicted octanol–water partition coefficient (Wildman–Crippen LogP) is 2.11. The van der Waals surface area contributed by atoms with E-state index >= 15 is 0 Å². The minimum Gasteiger partial charge on any atom is -0.381 e. The molecular formula is C19H27FN4O2. The number of halogens is 1. The van der Waals surface area contributed by atoms with Crippen LogP contribution in [0, 0.1) is 23.1 Å². The first-order valence-electron chi connectivity index (χ1n) is 9.61. The molecule has 142 valence electrons. The van der Waals surface area contributed by atoms with Gasteiger partial charge in [0, 0.05) is 45.6 Å². The van der Waals surface area contributed by atoms with Gasteiger partial charge in [0.2, 0.25) is 11.9 Å². The molecule has 1 aromatic heterocycles. The van der Waals surface area contributed by atoms with E-state index in [0.29, 0.717) is 11.9 Å². The molecular weight excluding hydrogens is 335 g/mol. The van der Waals surface area contributed by atoms with Crippen molar-refractivity contribution in [3.05, 3.63) is 18.2 Å². The van der Waals surface area contributed by atoms with Gasteiger partial charge in [-0.05, 0) is 37.0 Å². The summed E-state index contributed by atoms with van der Waals surface area (Å²) in [6, 6.07) is 0. The number of piperidine rings is 1. The van der Waals surface area contributed by atoms with E-state index in [2.05, 4.69) is 14.9 Å². The van der Waals surface area contributed by atoms with Gasteiger partial charge in [-0.2, -0.15) is 0 Å². The Hall–Kier alpha value is -1.76. The van der Waals surface area contributed by atoms with Crippen LogP contribution in [0.2, 0.25) is 0 Å². The zero-order valence-electron chi connectivity index (χ0n) is 15.4. The molecule has 26 heavy (non-hydrogen) atoms. The molecule has 1 spiro atoms. The largest absolute Gasteiger partial charge is 0.381 e. The normalized spacial score (nSPS) is 25.1. The van der Waals surface area contributed by atoms with Gasteiger partial charge in [0.15, 0.2) is 5.82 Å². The Morgan fingerprint density at radius 3 is 2.58 bits per heavy atom. The number of carbonyl (C=O) groups is 1. The van der Waals surface area contributed by atoms with Crippen LogP contribution in [0.3, 0.4) is 0 Å². The lowest BCUT2D eigenvalue weighted by molar-refractivity contribution is -0.128. The second-order valence-electron chi connectivity index (χ2n) is 8.13. The molecule has 3 fully saturated rings. The van der Waals surface area contributed by atoms with Crippen molar-refractivity contribution >= 4 is 11.9 Å². The molecule has 2 saturated heterocycles. The Morgan fingerprint density at radius 2 is 1.96 bits per heavy atom. The van der Waals surface area contributed by atoms with Crippen LogP contribution in [0.4, 0.5) is 10.3 Å². The van der Waals surface area contributed by atoms with Crippen molar-refractivity contribution in [2.24, 2.45) is 17.3 Å². The maximum atomic E-state index is 13.0. The summed E-state index contributed by atoms with van der Waals surface area (Å²) in [6.07, 6.45) is 6.98. The molecule has 4 rings (SSSR count). The van der Waals surface area contributed by atoms with Gasteiger partial charge in [-0.1, -0.05) is 0 Å². The van der Waals surface area contributed by atoms with E-state index in [1.807, 2.05) is 4.90 Å². The highest BCUT2D eigenvalue weighted by molar-refractivity contribution is 5.73. The highest BCUT2D eigenvalue weighted by atomic mass is 19.1. The second kappa shape index (κ2) is 7.10. The Morgan fingerprint density at radius 1 is 1.27 bits per heavy atom. The maximum Gasteiger partial charge on any atom is 0.225 e. The van der Waals surface area contributed by atoms with Crippen molar-refractivity contribution in [1.82, 2.24) is 14.9 Å². The molecule has 1 unspecified atom stereocenters. The topological polar surface area (TPSA) is 58.6 Å². The van der Waals surface area contributed by atoms with Gasteiger partial charge in [0.05, 0.1) is 19.0 Å². The molecule has 0 N–H and O–H groups in total. The summed E-state index contributed by atoms with van der Waals surface area (Å²) in [4.78, 5) is 24.3. The van der Waals surface area contributed by atoms with Crippen LogP contribution < -0.4 is 4.90 Å². The minimum atomic E-state index is -0.414. The molecule has 1 saturated carbocycles. The molecule has 7 heteroatoms. The minimum absolute atomic E-state index is 0.117. The average Bonchev–Trinajstić information content (AvgIpc) is 3.39. The van der Waals surface area contributed by atoms with E-state index in [9.17, 15) is 9.18 Å². The lowest BCUT2D eigenvalue weighted by Crippen LogP contribution is -2.46. The van der Waals surface area contributed by atoms with Crippen molar-refractivity contribution in [2.75, 3.05) is 44.3 Å². The number of ether oxygens (including phenoxy) is 1. The third kappa shape index (κ3) is 3.68. The highest BCUT2D eigenvalue weighted by Gasteiger charge is 2.49. The first-order chi connectivity index (χ1) is 12.6. The van der Waals surface area contributed by atoms with Crippen LogP contribution in [-0.4, -0.2) is 60.2 Å². The molecule has 0 aromatic carbocycles. The molecule has 1 aromatic rings. The third-order valence-corrected chi connectivity index (χ3v) is 6.28. The zero-order valence-corrected chi connectivity index (χ0v) is 15.4. The predicted molar refractivity (Wildman–Crippen MR) is 95.2 cm³/mol. The first-order valence-corrected chi connectivity index (χ1v) is 9.61. The highest BCUT2D eigenvalue weighted by Crippen LogP contribution is 2.45. The summed E-state index contributed by atoms with van der Waals surface area (Å²) >= 11 is 0. The van der Waals surface area contributed by atoms with E-state index < -0.39 is 5.82 Å². The van der Waals surface area contributed by atoms with Gasteiger partial charge in [-0.3, -0.25) is 4.79 Å². The molecule has 0 bridgehead atoms. The fraction of sp³-hybridized carbons (Fsp3) is 0.737. The van der Waals surface area contributed by atoms with Gasteiger partial charge in [-0.25, -0.2) is 14.4 Å².